The maximum Gasteiger partial charge on any atom is 0.300 e. The summed E-state index contributed by atoms with van der Waals surface area (Å²) in [4.78, 5) is 11.9. The molecule has 0 bridgehead atoms. The van der Waals surface area contributed by atoms with Crippen LogP contribution in [-0.4, -0.2) is 10.5 Å². The van der Waals surface area contributed by atoms with E-state index in [4.69, 9.17) is 0 Å². The third-order valence-electron chi connectivity index (χ3n) is 2.62. The number of rotatable bonds is 2. The molecule has 5 heteroatoms. The molecule has 0 saturated heterocycles. The summed E-state index contributed by atoms with van der Waals surface area (Å²) in [7, 11) is 1.73. The minimum absolute atomic E-state index is 0.122. The molecule has 0 aliphatic carbocycles. The number of carbonyl (C=O) groups is 1. The summed E-state index contributed by atoms with van der Waals surface area (Å²) in [5, 5.41) is 14.2. The number of nitrogens with zero attached hydrogens (tertiary/aromatic N) is 2. The van der Waals surface area contributed by atoms with Crippen molar-refractivity contribution in [2.45, 2.75) is 6.92 Å². The van der Waals surface area contributed by atoms with E-state index in [1.807, 2.05) is 18.2 Å². The first kappa shape index (κ1) is 11.2. The highest BCUT2D eigenvalue weighted by molar-refractivity contribution is 6.02. The monoisotopic (exact) mass is 231 g/mol. The van der Waals surface area contributed by atoms with Crippen molar-refractivity contribution >= 4 is 11.6 Å². The van der Waals surface area contributed by atoms with Gasteiger partial charge >= 0.3 is 0 Å². The van der Waals surface area contributed by atoms with Crippen molar-refractivity contribution in [3.05, 3.63) is 53.3 Å². The number of amides is 1. The van der Waals surface area contributed by atoms with Gasteiger partial charge in [-0.1, -0.05) is 18.2 Å². The topological polar surface area (TPSA) is 61.0 Å². The average molecular weight is 231 g/mol. The molecule has 1 heterocycles. The molecule has 1 N–H and O–H groups in total. The Kier molecular flexibility index (Phi) is 2.82. The van der Waals surface area contributed by atoms with Crippen molar-refractivity contribution in [2.75, 3.05) is 5.32 Å². The van der Waals surface area contributed by atoms with Gasteiger partial charge in [-0.15, -0.1) is 0 Å². The molecule has 1 amide bonds. The lowest BCUT2D eigenvalue weighted by molar-refractivity contribution is -0.607. The summed E-state index contributed by atoms with van der Waals surface area (Å²) < 4.78 is 2.19. The maximum absolute atomic E-state index is 11.9. The zero-order valence-corrected chi connectivity index (χ0v) is 9.68. The van der Waals surface area contributed by atoms with E-state index < -0.39 is 5.91 Å². The van der Waals surface area contributed by atoms with Crippen molar-refractivity contribution in [3.63, 3.8) is 0 Å². The molecule has 1 aromatic heterocycles. The van der Waals surface area contributed by atoms with Gasteiger partial charge in [0, 0.05) is 12.6 Å². The molecule has 0 atom stereocenters. The largest absolute Gasteiger partial charge is 0.710 e. The smallest absolute Gasteiger partial charge is 0.300 e. The number of aromatic nitrogens is 2. The highest BCUT2D eigenvalue weighted by atomic mass is 16.5. The molecule has 5 nitrogen and oxygen atoms in total. The summed E-state index contributed by atoms with van der Waals surface area (Å²) in [6, 6.07) is 9.03. The lowest BCUT2D eigenvalue weighted by Gasteiger charge is -2.05. The van der Waals surface area contributed by atoms with Crippen LogP contribution in [-0.2, 0) is 7.05 Å². The Morgan fingerprint density at radius 3 is 2.53 bits per heavy atom. The first-order valence-corrected chi connectivity index (χ1v) is 5.21. The number of hydrogen-bond acceptors (Lipinski definition) is 2. The van der Waals surface area contributed by atoms with Crippen LogP contribution >= 0.6 is 0 Å². The molecule has 0 saturated carbocycles. The molecule has 88 valence electrons. The minimum atomic E-state index is -0.399. The normalized spacial score (nSPS) is 10.2. The molecule has 2 aromatic rings. The van der Waals surface area contributed by atoms with E-state index in [2.05, 4.69) is 5.32 Å². The van der Waals surface area contributed by atoms with Gasteiger partial charge in [-0.2, -0.15) is 0 Å². The van der Waals surface area contributed by atoms with Gasteiger partial charge in [0.2, 0.25) is 12.0 Å². The van der Waals surface area contributed by atoms with Crippen LogP contribution in [0.5, 0.6) is 0 Å². The summed E-state index contributed by atoms with van der Waals surface area (Å²) in [6.45, 7) is 1.73. The van der Waals surface area contributed by atoms with Gasteiger partial charge in [0.1, 0.15) is 0 Å². The van der Waals surface area contributed by atoms with E-state index in [0.29, 0.717) is 16.1 Å². The van der Waals surface area contributed by atoms with Crippen molar-refractivity contribution in [2.24, 2.45) is 7.05 Å². The number of imidazole rings is 1. The Balaban J connectivity index is 2.27. The van der Waals surface area contributed by atoms with Crippen LogP contribution in [0.3, 0.4) is 0 Å². The van der Waals surface area contributed by atoms with Gasteiger partial charge in [0.15, 0.2) is 5.69 Å². The average Bonchev–Trinajstić information content (AvgIpc) is 2.54. The third-order valence-corrected chi connectivity index (χ3v) is 2.62. The van der Waals surface area contributed by atoms with Crippen LogP contribution in [0.15, 0.2) is 36.7 Å². The van der Waals surface area contributed by atoms with E-state index >= 15 is 0 Å². The van der Waals surface area contributed by atoms with Crippen LogP contribution in [0.25, 0.3) is 0 Å². The maximum atomic E-state index is 11.9. The van der Waals surface area contributed by atoms with Crippen LogP contribution in [0, 0.1) is 12.1 Å². The summed E-state index contributed by atoms with van der Waals surface area (Å²) in [5.41, 5.74) is 1.42. The molecule has 17 heavy (non-hydrogen) atoms. The molecule has 2 rings (SSSR count). The zero-order chi connectivity index (χ0) is 12.4. The van der Waals surface area contributed by atoms with Crippen molar-refractivity contribution in [1.82, 2.24) is 4.57 Å². The molecule has 0 fully saturated rings. The summed E-state index contributed by atoms with van der Waals surface area (Å²) in [5.74, 6) is -0.399. The summed E-state index contributed by atoms with van der Waals surface area (Å²) >= 11 is 0. The molecule has 0 aliphatic heterocycles. The first-order valence-electron chi connectivity index (χ1n) is 5.21. The number of aryl methyl sites for hydroxylation is 1. The standard InChI is InChI=1S/C12H13N3O2/c1-9-11(15(17)8-14(9)2)12(16)13-10-6-4-3-5-7-10/h3-8H,1-2H3,(H,13,16). The van der Waals surface area contributed by atoms with Crippen LogP contribution in [0.4, 0.5) is 5.69 Å². The van der Waals surface area contributed by atoms with Gasteiger partial charge in [0.25, 0.3) is 5.91 Å². The van der Waals surface area contributed by atoms with E-state index in [9.17, 15) is 10.0 Å². The van der Waals surface area contributed by atoms with E-state index in [0.717, 1.165) is 0 Å². The van der Waals surface area contributed by atoms with E-state index in [1.54, 1.807) is 30.7 Å². The number of carbonyl (C=O) groups excluding carboxylic acids is 1. The second-order valence-corrected chi connectivity index (χ2v) is 3.81. The lowest BCUT2D eigenvalue weighted by atomic mass is 10.3. The molecule has 1 aromatic carbocycles. The summed E-state index contributed by atoms with van der Waals surface area (Å²) in [6.07, 6.45) is 1.33. The minimum Gasteiger partial charge on any atom is -0.710 e. The lowest BCUT2D eigenvalue weighted by Crippen LogP contribution is -2.34. The Morgan fingerprint density at radius 1 is 1.35 bits per heavy atom. The second-order valence-electron chi connectivity index (χ2n) is 3.81. The van der Waals surface area contributed by atoms with E-state index in [1.165, 1.54) is 6.33 Å². The van der Waals surface area contributed by atoms with Crippen LogP contribution in [0.2, 0.25) is 0 Å². The van der Waals surface area contributed by atoms with Gasteiger partial charge in [-0.3, -0.25) is 4.79 Å². The highest BCUT2D eigenvalue weighted by Gasteiger charge is 2.21. The van der Waals surface area contributed by atoms with Gasteiger partial charge in [0.05, 0.1) is 7.05 Å². The van der Waals surface area contributed by atoms with Gasteiger partial charge in [-0.05, 0) is 12.1 Å². The third kappa shape index (κ3) is 2.13. The predicted octanol–water partition coefficient (Wildman–Crippen LogP) is 1.22. The Morgan fingerprint density at radius 2 is 2.00 bits per heavy atom. The highest BCUT2D eigenvalue weighted by Crippen LogP contribution is 2.09. The molecular formula is C12H13N3O2. The number of para-hydroxylation sites is 1. The fourth-order valence-corrected chi connectivity index (χ4v) is 1.60. The van der Waals surface area contributed by atoms with E-state index in [-0.39, 0.29) is 5.69 Å². The van der Waals surface area contributed by atoms with Crippen LogP contribution in [0.1, 0.15) is 16.2 Å². The number of anilines is 1. The molecule has 0 radical (unpaired) electrons. The SMILES string of the molecule is Cc1c(C(=O)Nc2ccccc2)[n+]([O-])cn1C. The first-order chi connectivity index (χ1) is 8.09. The predicted molar refractivity (Wildman–Crippen MR) is 63.5 cm³/mol. The van der Waals surface area contributed by atoms with Crippen molar-refractivity contribution in [1.29, 1.82) is 0 Å². The van der Waals surface area contributed by atoms with Crippen LogP contribution < -0.4 is 10.0 Å². The molecule has 0 unspecified atom stereocenters. The molecule has 0 aliphatic rings. The van der Waals surface area contributed by atoms with Crippen molar-refractivity contribution in [3.8, 4) is 0 Å². The molecular weight excluding hydrogens is 218 g/mol. The number of benzene rings is 1. The fraction of sp³-hybridized carbons (Fsp3) is 0.167. The quantitative estimate of drug-likeness (QED) is 0.624. The number of hydrogen-bond donors (Lipinski definition) is 1. The molecule has 0 spiro atoms. The van der Waals surface area contributed by atoms with Gasteiger partial charge < -0.3 is 10.5 Å². The Labute approximate surface area is 98.9 Å². The zero-order valence-electron chi connectivity index (χ0n) is 9.68. The van der Waals surface area contributed by atoms with Crippen molar-refractivity contribution < 1.29 is 9.52 Å². The van der Waals surface area contributed by atoms with Gasteiger partial charge in [-0.25, -0.2) is 9.30 Å². The second kappa shape index (κ2) is 4.29. The fourth-order valence-electron chi connectivity index (χ4n) is 1.60. The Hall–Kier alpha value is -2.30. The Bertz CT molecular complexity index is 546. The number of nitrogens with one attached hydrogen (secondary N) is 1.